The summed E-state index contributed by atoms with van der Waals surface area (Å²) in [6, 6.07) is 5.26. The van der Waals surface area contributed by atoms with Crippen molar-refractivity contribution in [3.05, 3.63) is 28.2 Å². The smallest absolute Gasteiger partial charge is 0.0988 e. The minimum Gasteiger partial charge on any atom is -0.250 e. The lowest BCUT2D eigenvalue weighted by Crippen LogP contribution is -1.82. The molecule has 0 spiro atoms. The van der Waals surface area contributed by atoms with Crippen LogP contribution in [-0.4, -0.2) is 12.4 Å². The first kappa shape index (κ1) is 10.2. The molecule has 66 valence electrons. The maximum atomic E-state index is 11.8. The Morgan fingerprint density at radius 2 is 1.83 bits per heavy atom. The Morgan fingerprint density at radius 1 is 1.25 bits per heavy atom. The molecular weight excluding hydrogens is 218 g/mol. The lowest BCUT2D eigenvalue weighted by atomic mass is 10.4. The summed E-state index contributed by atoms with van der Waals surface area (Å²) in [5.74, 6) is 0.392. The van der Waals surface area contributed by atoms with Gasteiger partial charge in [-0.1, -0.05) is 29.3 Å². The van der Waals surface area contributed by atoms with E-state index in [1.807, 2.05) is 0 Å². The average Bonchev–Trinajstić information content (AvgIpc) is 2.04. The van der Waals surface area contributed by atoms with Crippen molar-refractivity contribution in [2.24, 2.45) is 0 Å². The first-order valence-electron chi connectivity index (χ1n) is 3.38. The second-order valence-corrected chi connectivity index (χ2v) is 4.01. The molecule has 0 aromatic heterocycles. The molecule has 1 aromatic carbocycles. The van der Waals surface area contributed by atoms with E-state index in [0.29, 0.717) is 15.8 Å². The van der Waals surface area contributed by atoms with Crippen LogP contribution >= 0.6 is 35.0 Å². The Balaban J connectivity index is 2.81. The van der Waals surface area contributed by atoms with Gasteiger partial charge >= 0.3 is 0 Å². The largest absolute Gasteiger partial charge is 0.250 e. The first-order chi connectivity index (χ1) is 5.75. The van der Waals surface area contributed by atoms with Gasteiger partial charge in [0.2, 0.25) is 0 Å². The highest BCUT2D eigenvalue weighted by atomic mass is 35.5. The molecule has 4 heteroatoms. The van der Waals surface area contributed by atoms with E-state index in [9.17, 15) is 4.39 Å². The minimum absolute atomic E-state index is 0.369. The van der Waals surface area contributed by atoms with Crippen molar-refractivity contribution in [1.29, 1.82) is 0 Å². The molecule has 0 unspecified atom stereocenters. The molecular formula is C8H7Cl2FS. The average molecular weight is 225 g/mol. The zero-order valence-electron chi connectivity index (χ0n) is 6.19. The van der Waals surface area contributed by atoms with E-state index in [1.54, 1.807) is 18.2 Å². The van der Waals surface area contributed by atoms with Crippen LogP contribution in [0.15, 0.2) is 23.1 Å². The van der Waals surface area contributed by atoms with Gasteiger partial charge in [-0.2, -0.15) is 0 Å². The van der Waals surface area contributed by atoms with Gasteiger partial charge in [0.1, 0.15) is 0 Å². The van der Waals surface area contributed by atoms with Crippen LogP contribution in [0.4, 0.5) is 4.39 Å². The molecule has 0 bridgehead atoms. The maximum Gasteiger partial charge on any atom is 0.0988 e. The van der Waals surface area contributed by atoms with E-state index < -0.39 is 0 Å². The van der Waals surface area contributed by atoms with Crippen LogP contribution in [0.1, 0.15) is 0 Å². The van der Waals surface area contributed by atoms with Gasteiger partial charge in [-0.05, 0) is 12.1 Å². The highest BCUT2D eigenvalue weighted by Gasteiger charge is 2.04. The summed E-state index contributed by atoms with van der Waals surface area (Å²) in [6.07, 6.45) is 0. The molecule has 1 aromatic rings. The molecule has 0 saturated heterocycles. The van der Waals surface area contributed by atoms with Crippen LogP contribution in [0.25, 0.3) is 0 Å². The summed E-state index contributed by atoms with van der Waals surface area (Å²) in [4.78, 5) is 0.762. The van der Waals surface area contributed by atoms with E-state index in [-0.39, 0.29) is 6.67 Å². The number of benzene rings is 1. The standard InChI is InChI=1S/C8H7Cl2FS/c9-6-2-1-3-7(10)8(6)12-5-4-11/h1-3H,4-5H2. The topological polar surface area (TPSA) is 0 Å². The third-order valence-electron chi connectivity index (χ3n) is 1.24. The van der Waals surface area contributed by atoms with Crippen molar-refractivity contribution >= 4 is 35.0 Å². The van der Waals surface area contributed by atoms with Gasteiger partial charge in [0.25, 0.3) is 0 Å². The van der Waals surface area contributed by atoms with E-state index >= 15 is 0 Å². The van der Waals surface area contributed by atoms with Crippen molar-refractivity contribution in [3.8, 4) is 0 Å². The van der Waals surface area contributed by atoms with Gasteiger partial charge in [0, 0.05) is 10.6 Å². The second-order valence-electron chi connectivity index (χ2n) is 2.09. The minimum atomic E-state index is -0.369. The highest BCUT2D eigenvalue weighted by molar-refractivity contribution is 7.99. The lowest BCUT2D eigenvalue weighted by Gasteiger charge is -2.03. The third kappa shape index (κ3) is 2.54. The van der Waals surface area contributed by atoms with Gasteiger partial charge in [-0.3, -0.25) is 4.39 Å². The van der Waals surface area contributed by atoms with Gasteiger partial charge < -0.3 is 0 Å². The van der Waals surface area contributed by atoms with Gasteiger partial charge in [0.05, 0.1) is 16.7 Å². The Hall–Kier alpha value is 0.0800. The molecule has 0 radical (unpaired) electrons. The lowest BCUT2D eigenvalue weighted by molar-refractivity contribution is 0.533. The summed E-state index contributed by atoms with van der Waals surface area (Å²) in [5.41, 5.74) is 0. The van der Waals surface area contributed by atoms with E-state index in [1.165, 1.54) is 11.8 Å². The normalized spacial score (nSPS) is 10.2. The monoisotopic (exact) mass is 224 g/mol. The fourth-order valence-electron chi connectivity index (χ4n) is 0.761. The van der Waals surface area contributed by atoms with Crippen LogP contribution in [0.3, 0.4) is 0 Å². The van der Waals surface area contributed by atoms with Crippen LogP contribution in [-0.2, 0) is 0 Å². The number of alkyl halides is 1. The number of thioether (sulfide) groups is 1. The zero-order valence-corrected chi connectivity index (χ0v) is 8.52. The predicted octanol–water partition coefficient (Wildman–Crippen LogP) is 4.06. The number of rotatable bonds is 3. The van der Waals surface area contributed by atoms with Crippen LogP contribution in [0.5, 0.6) is 0 Å². The Labute approximate surface area is 85.1 Å². The number of halogens is 3. The van der Waals surface area contributed by atoms with E-state index in [0.717, 1.165) is 4.90 Å². The summed E-state index contributed by atoms with van der Waals surface area (Å²) in [6.45, 7) is -0.369. The molecule has 0 heterocycles. The molecule has 12 heavy (non-hydrogen) atoms. The summed E-state index contributed by atoms with van der Waals surface area (Å²) in [5, 5.41) is 1.17. The van der Waals surface area contributed by atoms with Gasteiger partial charge in [0.15, 0.2) is 0 Å². The Morgan fingerprint density at radius 3 is 2.33 bits per heavy atom. The van der Waals surface area contributed by atoms with Crippen molar-refractivity contribution in [2.75, 3.05) is 12.4 Å². The third-order valence-corrected chi connectivity index (χ3v) is 3.18. The number of hydrogen-bond donors (Lipinski definition) is 0. The summed E-state index contributed by atoms with van der Waals surface area (Å²) in [7, 11) is 0. The molecule has 0 aliphatic rings. The second kappa shape index (κ2) is 4.95. The maximum absolute atomic E-state index is 11.8. The molecule has 0 fully saturated rings. The predicted molar refractivity (Wildman–Crippen MR) is 53.2 cm³/mol. The fourth-order valence-corrected chi connectivity index (χ4v) is 2.18. The van der Waals surface area contributed by atoms with Gasteiger partial charge in [-0.15, -0.1) is 11.8 Å². The van der Waals surface area contributed by atoms with Crippen LogP contribution in [0, 0.1) is 0 Å². The molecule has 0 aliphatic carbocycles. The van der Waals surface area contributed by atoms with Crippen molar-refractivity contribution in [1.82, 2.24) is 0 Å². The molecule has 0 saturated carbocycles. The Kier molecular flexibility index (Phi) is 4.19. The molecule has 0 amide bonds. The van der Waals surface area contributed by atoms with Crippen LogP contribution in [0.2, 0.25) is 10.0 Å². The zero-order chi connectivity index (χ0) is 8.97. The summed E-state index contributed by atoms with van der Waals surface area (Å²) < 4.78 is 11.8. The van der Waals surface area contributed by atoms with Gasteiger partial charge in [-0.25, -0.2) is 0 Å². The van der Waals surface area contributed by atoms with E-state index in [2.05, 4.69) is 0 Å². The van der Waals surface area contributed by atoms with Crippen LogP contribution < -0.4 is 0 Å². The molecule has 0 aliphatic heterocycles. The molecule has 0 N–H and O–H groups in total. The molecule has 0 atom stereocenters. The molecule has 1 rings (SSSR count). The quantitative estimate of drug-likeness (QED) is 0.699. The SMILES string of the molecule is FCCSc1c(Cl)cccc1Cl. The number of hydrogen-bond acceptors (Lipinski definition) is 1. The van der Waals surface area contributed by atoms with E-state index in [4.69, 9.17) is 23.2 Å². The first-order valence-corrected chi connectivity index (χ1v) is 5.12. The fraction of sp³-hybridized carbons (Fsp3) is 0.250. The summed E-state index contributed by atoms with van der Waals surface area (Å²) >= 11 is 13.0. The highest BCUT2D eigenvalue weighted by Crippen LogP contribution is 2.33. The van der Waals surface area contributed by atoms with Crippen molar-refractivity contribution < 1.29 is 4.39 Å². The van der Waals surface area contributed by atoms with Crippen molar-refractivity contribution in [2.45, 2.75) is 4.90 Å². The molecule has 0 nitrogen and oxygen atoms in total. The van der Waals surface area contributed by atoms with Crippen molar-refractivity contribution in [3.63, 3.8) is 0 Å². The Bertz CT molecular complexity index is 245.